The van der Waals surface area contributed by atoms with Crippen molar-refractivity contribution >= 4 is 17.6 Å². The predicted molar refractivity (Wildman–Crippen MR) is 56.8 cm³/mol. The molecule has 0 radical (unpaired) electrons. The molecule has 1 heterocycles. The number of esters is 1. The van der Waals surface area contributed by atoms with Crippen molar-refractivity contribution in [3.05, 3.63) is 22.7 Å². The Kier molecular flexibility index (Phi) is 3.29. The van der Waals surface area contributed by atoms with Crippen molar-refractivity contribution < 1.29 is 9.53 Å². The van der Waals surface area contributed by atoms with E-state index in [1.165, 1.54) is 7.11 Å². The fourth-order valence-electron chi connectivity index (χ4n) is 1.41. The zero-order valence-electron chi connectivity index (χ0n) is 9.17. The van der Waals surface area contributed by atoms with Crippen LogP contribution in [-0.4, -0.2) is 23.0 Å². The predicted octanol–water partition coefficient (Wildman–Crippen LogP) is 1.89. The van der Waals surface area contributed by atoms with E-state index in [4.69, 9.17) is 16.3 Å². The summed E-state index contributed by atoms with van der Waals surface area (Å²) in [6.07, 6.45) is 1.59. The van der Waals surface area contributed by atoms with Gasteiger partial charge in [-0.15, -0.1) is 0 Å². The van der Waals surface area contributed by atoms with Gasteiger partial charge in [0.25, 0.3) is 0 Å². The zero-order valence-corrected chi connectivity index (χ0v) is 9.92. The molecular formula is C10H13ClN2O2. The van der Waals surface area contributed by atoms with Crippen molar-refractivity contribution in [3.8, 4) is 0 Å². The number of carbonyl (C=O) groups excluding carboxylic acids is 1. The first-order chi connectivity index (χ1) is 6.89. The number of aryl methyl sites for hydroxylation is 1. The summed E-state index contributed by atoms with van der Waals surface area (Å²) < 4.78 is 4.72. The summed E-state index contributed by atoms with van der Waals surface area (Å²) in [5, 5.41) is 0.132. The topological polar surface area (TPSA) is 52.1 Å². The monoisotopic (exact) mass is 228 g/mol. The third kappa shape index (κ3) is 2.26. The van der Waals surface area contributed by atoms with E-state index >= 15 is 0 Å². The van der Waals surface area contributed by atoms with E-state index in [2.05, 4.69) is 9.97 Å². The highest BCUT2D eigenvalue weighted by atomic mass is 35.5. The smallest absolute Gasteiger partial charge is 0.317 e. The maximum absolute atomic E-state index is 11.6. The summed E-state index contributed by atoms with van der Waals surface area (Å²) in [7, 11) is 1.35. The number of ether oxygens (including phenoxy) is 1. The van der Waals surface area contributed by atoms with E-state index in [0.29, 0.717) is 5.69 Å². The van der Waals surface area contributed by atoms with Crippen molar-refractivity contribution in [1.82, 2.24) is 9.97 Å². The summed E-state index contributed by atoms with van der Waals surface area (Å²) in [6.45, 7) is 5.31. The molecule has 0 N–H and O–H groups in total. The molecule has 0 spiro atoms. The van der Waals surface area contributed by atoms with Crippen LogP contribution in [0.2, 0.25) is 5.28 Å². The molecule has 0 unspecified atom stereocenters. The van der Waals surface area contributed by atoms with Gasteiger partial charge in [-0.3, -0.25) is 4.79 Å². The Bertz CT molecular complexity index is 391. The minimum atomic E-state index is -0.814. The third-order valence-electron chi connectivity index (χ3n) is 2.23. The van der Waals surface area contributed by atoms with Crippen LogP contribution in [0.1, 0.15) is 25.1 Å². The molecule has 0 saturated carbocycles. The molecule has 0 aromatic carbocycles. The first-order valence-corrected chi connectivity index (χ1v) is 4.85. The molecule has 0 saturated heterocycles. The summed E-state index contributed by atoms with van der Waals surface area (Å²) in [6, 6.07) is 0. The minimum Gasteiger partial charge on any atom is -0.468 e. The number of halogens is 1. The number of rotatable bonds is 2. The number of aromatic nitrogens is 2. The molecule has 15 heavy (non-hydrogen) atoms. The van der Waals surface area contributed by atoms with E-state index in [9.17, 15) is 4.79 Å². The lowest BCUT2D eigenvalue weighted by atomic mass is 9.87. The third-order valence-corrected chi connectivity index (χ3v) is 2.41. The fraction of sp³-hybridized carbons (Fsp3) is 0.500. The van der Waals surface area contributed by atoms with Crippen LogP contribution in [0.3, 0.4) is 0 Å². The van der Waals surface area contributed by atoms with Gasteiger partial charge in [0.05, 0.1) is 12.8 Å². The Morgan fingerprint density at radius 2 is 2.13 bits per heavy atom. The summed E-state index contributed by atoms with van der Waals surface area (Å²) in [4.78, 5) is 19.5. The molecule has 0 aliphatic rings. The van der Waals surface area contributed by atoms with Crippen LogP contribution < -0.4 is 0 Å². The van der Waals surface area contributed by atoms with Gasteiger partial charge in [0.1, 0.15) is 5.41 Å². The molecule has 82 valence electrons. The first kappa shape index (κ1) is 11.9. The maximum atomic E-state index is 11.6. The van der Waals surface area contributed by atoms with Crippen molar-refractivity contribution in [1.29, 1.82) is 0 Å². The summed E-state index contributed by atoms with van der Waals surface area (Å²) in [5.41, 5.74) is 0.593. The average molecular weight is 229 g/mol. The van der Waals surface area contributed by atoms with Crippen LogP contribution in [-0.2, 0) is 14.9 Å². The van der Waals surface area contributed by atoms with E-state index in [1.54, 1.807) is 20.0 Å². The second-order valence-electron chi connectivity index (χ2n) is 3.79. The molecule has 0 fully saturated rings. The van der Waals surface area contributed by atoms with Crippen LogP contribution >= 0.6 is 11.6 Å². The number of nitrogens with zero attached hydrogens (tertiary/aromatic N) is 2. The molecule has 0 atom stereocenters. The molecule has 1 aromatic rings. The number of hydrogen-bond donors (Lipinski definition) is 0. The number of carbonyl (C=O) groups is 1. The van der Waals surface area contributed by atoms with Gasteiger partial charge in [-0.05, 0) is 37.9 Å². The van der Waals surface area contributed by atoms with Gasteiger partial charge in [0.15, 0.2) is 0 Å². The fourth-order valence-corrected chi connectivity index (χ4v) is 1.54. The standard InChI is InChI=1S/C10H13ClN2O2/c1-6-5-12-9(11)13-7(6)10(2,3)8(14)15-4/h5H,1-4H3. The highest BCUT2D eigenvalue weighted by molar-refractivity contribution is 6.28. The Labute approximate surface area is 93.6 Å². The number of methoxy groups -OCH3 is 1. The molecular weight excluding hydrogens is 216 g/mol. The SMILES string of the molecule is COC(=O)C(C)(C)c1nc(Cl)ncc1C. The Morgan fingerprint density at radius 3 is 2.67 bits per heavy atom. The lowest BCUT2D eigenvalue weighted by molar-refractivity contribution is -0.146. The van der Waals surface area contributed by atoms with Crippen LogP contribution in [0.15, 0.2) is 6.20 Å². The second-order valence-corrected chi connectivity index (χ2v) is 4.13. The van der Waals surface area contributed by atoms with Gasteiger partial charge in [0, 0.05) is 6.20 Å². The van der Waals surface area contributed by atoms with Gasteiger partial charge in [-0.25, -0.2) is 9.97 Å². The second kappa shape index (κ2) is 4.14. The molecule has 0 amide bonds. The molecule has 4 nitrogen and oxygen atoms in total. The van der Waals surface area contributed by atoms with Crippen LogP contribution in [0.5, 0.6) is 0 Å². The van der Waals surface area contributed by atoms with Crippen molar-refractivity contribution in [2.24, 2.45) is 0 Å². The average Bonchev–Trinajstić information content (AvgIpc) is 2.20. The van der Waals surface area contributed by atoms with Crippen LogP contribution in [0.4, 0.5) is 0 Å². The molecule has 1 aromatic heterocycles. The van der Waals surface area contributed by atoms with Crippen molar-refractivity contribution in [2.75, 3.05) is 7.11 Å². The Balaban J connectivity index is 3.25. The largest absolute Gasteiger partial charge is 0.468 e. The lowest BCUT2D eigenvalue weighted by Crippen LogP contribution is -2.32. The molecule has 1 rings (SSSR count). The van der Waals surface area contributed by atoms with Gasteiger partial charge < -0.3 is 4.74 Å². The molecule has 0 bridgehead atoms. The molecule has 0 aliphatic heterocycles. The van der Waals surface area contributed by atoms with Gasteiger partial charge in [-0.1, -0.05) is 0 Å². The van der Waals surface area contributed by atoms with E-state index in [0.717, 1.165) is 5.56 Å². The highest BCUT2D eigenvalue weighted by Gasteiger charge is 2.34. The highest BCUT2D eigenvalue weighted by Crippen LogP contribution is 2.26. The van der Waals surface area contributed by atoms with Gasteiger partial charge >= 0.3 is 5.97 Å². The van der Waals surface area contributed by atoms with Crippen molar-refractivity contribution in [2.45, 2.75) is 26.2 Å². The lowest BCUT2D eigenvalue weighted by Gasteiger charge is -2.22. The summed E-state index contributed by atoms with van der Waals surface area (Å²) >= 11 is 5.70. The summed E-state index contributed by atoms with van der Waals surface area (Å²) in [5.74, 6) is -0.347. The number of hydrogen-bond acceptors (Lipinski definition) is 4. The van der Waals surface area contributed by atoms with Crippen molar-refractivity contribution in [3.63, 3.8) is 0 Å². The Morgan fingerprint density at radius 1 is 1.53 bits per heavy atom. The van der Waals surface area contributed by atoms with E-state index < -0.39 is 5.41 Å². The molecule has 0 aliphatic carbocycles. The first-order valence-electron chi connectivity index (χ1n) is 4.47. The van der Waals surface area contributed by atoms with Gasteiger partial charge in [-0.2, -0.15) is 0 Å². The van der Waals surface area contributed by atoms with E-state index in [1.807, 2.05) is 6.92 Å². The van der Waals surface area contributed by atoms with E-state index in [-0.39, 0.29) is 11.3 Å². The normalized spacial score (nSPS) is 11.3. The minimum absolute atomic E-state index is 0.132. The van der Waals surface area contributed by atoms with Gasteiger partial charge in [0.2, 0.25) is 5.28 Å². The Hall–Kier alpha value is -1.16. The maximum Gasteiger partial charge on any atom is 0.317 e. The zero-order chi connectivity index (χ0) is 11.6. The quantitative estimate of drug-likeness (QED) is 0.573. The van der Waals surface area contributed by atoms with Crippen LogP contribution in [0, 0.1) is 6.92 Å². The van der Waals surface area contributed by atoms with Crippen LogP contribution in [0.25, 0.3) is 0 Å². The molecule has 5 heteroatoms.